The molecule has 1 N–H and O–H groups in total. The van der Waals surface area contributed by atoms with E-state index in [0.29, 0.717) is 0 Å². The molecule has 0 saturated heterocycles. The van der Waals surface area contributed by atoms with E-state index in [4.69, 9.17) is 0 Å². The summed E-state index contributed by atoms with van der Waals surface area (Å²) in [7, 11) is -3.36. The van der Waals surface area contributed by atoms with Gasteiger partial charge in [0.25, 0.3) is 0 Å². The zero-order chi connectivity index (χ0) is 11.5. The zero-order valence-electron chi connectivity index (χ0n) is 8.00. The summed E-state index contributed by atoms with van der Waals surface area (Å²) in [6, 6.07) is 5.75. The molecule has 0 radical (unpaired) electrons. The molecule has 0 bridgehead atoms. The van der Waals surface area contributed by atoms with Gasteiger partial charge in [-0.2, -0.15) is 0 Å². The van der Waals surface area contributed by atoms with Gasteiger partial charge in [0, 0.05) is 6.26 Å². The Balaban J connectivity index is 2.75. The number of esters is 1. The molecule has 82 valence electrons. The summed E-state index contributed by atoms with van der Waals surface area (Å²) in [6.07, 6.45) is 0.950. The Kier molecular flexibility index (Phi) is 3.31. The van der Waals surface area contributed by atoms with Gasteiger partial charge in [-0.05, 0) is 12.1 Å². The van der Waals surface area contributed by atoms with Crippen molar-refractivity contribution in [3.8, 4) is 5.75 Å². The summed E-state index contributed by atoms with van der Waals surface area (Å²) in [4.78, 5) is 11.3. The number of carbonyl (C=O) groups is 1. The molecule has 0 aliphatic rings. The summed E-state index contributed by atoms with van der Waals surface area (Å²) in [6.45, 7) is 0. The third-order valence-electron chi connectivity index (χ3n) is 1.53. The van der Waals surface area contributed by atoms with Crippen LogP contribution in [0.5, 0.6) is 5.75 Å². The molecule has 0 aliphatic carbocycles. The SMILES string of the molecule is CS(=O)(=O)COC(=O)c1ccccc1O. The Morgan fingerprint density at radius 1 is 1.40 bits per heavy atom. The maximum Gasteiger partial charge on any atom is 0.342 e. The predicted octanol–water partition coefficient (Wildman–Crippen LogP) is 0.551. The number of phenolic OH excluding ortho intramolecular Hbond substituents is 1. The fraction of sp³-hybridized carbons (Fsp3) is 0.222. The van der Waals surface area contributed by atoms with Crippen molar-refractivity contribution in [3.63, 3.8) is 0 Å². The molecule has 0 amide bonds. The molecule has 6 heteroatoms. The minimum atomic E-state index is -3.36. The lowest BCUT2D eigenvalue weighted by atomic mass is 10.2. The van der Waals surface area contributed by atoms with Crippen LogP contribution in [-0.4, -0.2) is 31.7 Å². The highest BCUT2D eigenvalue weighted by Crippen LogP contribution is 2.16. The van der Waals surface area contributed by atoms with Crippen LogP contribution >= 0.6 is 0 Å². The molecular weight excluding hydrogens is 220 g/mol. The fourth-order valence-electron chi connectivity index (χ4n) is 0.885. The molecule has 0 aliphatic heterocycles. The van der Waals surface area contributed by atoms with Crippen molar-refractivity contribution >= 4 is 15.8 Å². The van der Waals surface area contributed by atoms with Gasteiger partial charge in [0.1, 0.15) is 11.3 Å². The number of rotatable bonds is 3. The molecule has 0 aromatic heterocycles. The number of aromatic hydroxyl groups is 1. The number of hydrogen-bond donors (Lipinski definition) is 1. The van der Waals surface area contributed by atoms with Crippen molar-refractivity contribution in [2.75, 3.05) is 12.2 Å². The van der Waals surface area contributed by atoms with E-state index in [-0.39, 0.29) is 11.3 Å². The number of para-hydroxylation sites is 1. The summed E-state index contributed by atoms with van der Waals surface area (Å²) >= 11 is 0. The van der Waals surface area contributed by atoms with Crippen molar-refractivity contribution in [1.82, 2.24) is 0 Å². The maximum atomic E-state index is 11.3. The van der Waals surface area contributed by atoms with E-state index in [0.717, 1.165) is 6.26 Å². The lowest BCUT2D eigenvalue weighted by Gasteiger charge is -2.04. The van der Waals surface area contributed by atoms with E-state index in [1.54, 1.807) is 6.07 Å². The first-order valence-corrected chi connectivity index (χ1v) is 6.09. The van der Waals surface area contributed by atoms with Crippen molar-refractivity contribution in [3.05, 3.63) is 29.8 Å². The molecule has 0 saturated carbocycles. The smallest absolute Gasteiger partial charge is 0.342 e. The first-order chi connectivity index (χ1) is 6.90. The molecule has 0 unspecified atom stereocenters. The normalized spacial score (nSPS) is 11.0. The first-order valence-electron chi connectivity index (χ1n) is 4.03. The second-order valence-corrected chi connectivity index (χ2v) is 5.08. The van der Waals surface area contributed by atoms with Crippen LogP contribution in [0.4, 0.5) is 0 Å². The van der Waals surface area contributed by atoms with E-state index >= 15 is 0 Å². The summed E-state index contributed by atoms with van der Waals surface area (Å²) in [5.41, 5.74) is -0.0545. The highest BCUT2D eigenvalue weighted by Gasteiger charge is 2.13. The van der Waals surface area contributed by atoms with Gasteiger partial charge in [0.15, 0.2) is 15.8 Å². The Morgan fingerprint density at radius 3 is 2.53 bits per heavy atom. The van der Waals surface area contributed by atoms with Crippen LogP contribution in [0.1, 0.15) is 10.4 Å². The van der Waals surface area contributed by atoms with Crippen LogP contribution in [0.3, 0.4) is 0 Å². The van der Waals surface area contributed by atoms with E-state index < -0.39 is 21.7 Å². The molecule has 1 aromatic carbocycles. The third kappa shape index (κ3) is 3.59. The molecule has 5 nitrogen and oxygen atoms in total. The Labute approximate surface area is 87.2 Å². The van der Waals surface area contributed by atoms with E-state index in [1.165, 1.54) is 18.2 Å². The van der Waals surface area contributed by atoms with E-state index in [9.17, 15) is 18.3 Å². The van der Waals surface area contributed by atoms with Crippen LogP contribution in [0.2, 0.25) is 0 Å². The van der Waals surface area contributed by atoms with Gasteiger partial charge in [-0.25, -0.2) is 13.2 Å². The van der Waals surface area contributed by atoms with Crippen molar-refractivity contribution in [2.24, 2.45) is 0 Å². The minimum Gasteiger partial charge on any atom is -0.507 e. The standard InChI is InChI=1S/C9H10O5S/c1-15(12,13)6-14-9(11)7-4-2-3-5-8(7)10/h2-5,10H,6H2,1H3. The molecule has 15 heavy (non-hydrogen) atoms. The van der Waals surface area contributed by atoms with Gasteiger partial charge in [-0.15, -0.1) is 0 Å². The highest BCUT2D eigenvalue weighted by molar-refractivity contribution is 7.90. The zero-order valence-corrected chi connectivity index (χ0v) is 8.82. The number of carbonyl (C=O) groups excluding carboxylic acids is 1. The average molecular weight is 230 g/mol. The summed E-state index contributed by atoms with van der Waals surface area (Å²) in [5.74, 6) is -1.80. The lowest BCUT2D eigenvalue weighted by molar-refractivity contribution is 0.0568. The van der Waals surface area contributed by atoms with E-state index in [2.05, 4.69) is 4.74 Å². The molecule has 0 fully saturated rings. The van der Waals surface area contributed by atoms with Gasteiger partial charge in [-0.1, -0.05) is 12.1 Å². The molecule has 1 aromatic rings. The summed E-state index contributed by atoms with van der Waals surface area (Å²) in [5, 5.41) is 9.26. The molecule has 0 atom stereocenters. The van der Waals surface area contributed by atoms with Crippen LogP contribution in [0.15, 0.2) is 24.3 Å². The maximum absolute atomic E-state index is 11.3. The molecular formula is C9H10O5S. The number of phenols is 1. The van der Waals surface area contributed by atoms with Gasteiger partial charge in [0.05, 0.1) is 0 Å². The number of ether oxygens (including phenoxy) is 1. The Morgan fingerprint density at radius 2 is 2.00 bits per heavy atom. The van der Waals surface area contributed by atoms with Crippen molar-refractivity contribution in [2.45, 2.75) is 0 Å². The monoisotopic (exact) mass is 230 g/mol. The van der Waals surface area contributed by atoms with Crippen molar-refractivity contribution in [1.29, 1.82) is 0 Å². The second-order valence-electron chi connectivity index (χ2n) is 2.99. The van der Waals surface area contributed by atoms with Crippen LogP contribution in [0.25, 0.3) is 0 Å². The molecule has 0 spiro atoms. The highest BCUT2D eigenvalue weighted by atomic mass is 32.2. The Bertz CT molecular complexity index is 463. The number of hydrogen-bond acceptors (Lipinski definition) is 5. The average Bonchev–Trinajstić information content (AvgIpc) is 2.14. The van der Waals surface area contributed by atoms with Gasteiger partial charge >= 0.3 is 5.97 Å². The molecule has 1 rings (SSSR count). The van der Waals surface area contributed by atoms with Crippen LogP contribution in [-0.2, 0) is 14.6 Å². The van der Waals surface area contributed by atoms with E-state index in [1.807, 2.05) is 0 Å². The number of benzene rings is 1. The lowest BCUT2D eigenvalue weighted by Crippen LogP contribution is -2.13. The quantitative estimate of drug-likeness (QED) is 0.767. The number of sulfone groups is 1. The molecule has 0 heterocycles. The van der Waals surface area contributed by atoms with Gasteiger partial charge in [0.2, 0.25) is 0 Å². The van der Waals surface area contributed by atoms with Crippen molar-refractivity contribution < 1.29 is 23.1 Å². The third-order valence-corrected chi connectivity index (χ3v) is 2.07. The summed E-state index contributed by atoms with van der Waals surface area (Å²) < 4.78 is 25.9. The van der Waals surface area contributed by atoms with Gasteiger partial charge in [-0.3, -0.25) is 0 Å². The van der Waals surface area contributed by atoms with Crippen LogP contribution in [0, 0.1) is 0 Å². The van der Waals surface area contributed by atoms with Crippen LogP contribution < -0.4 is 0 Å². The fourth-order valence-corrected chi connectivity index (χ4v) is 1.21. The topological polar surface area (TPSA) is 80.7 Å². The second kappa shape index (κ2) is 4.31. The Hall–Kier alpha value is -1.56. The first kappa shape index (κ1) is 11.5. The predicted molar refractivity (Wildman–Crippen MR) is 53.2 cm³/mol. The van der Waals surface area contributed by atoms with Gasteiger partial charge < -0.3 is 9.84 Å². The minimum absolute atomic E-state index is 0.0545. The largest absolute Gasteiger partial charge is 0.507 e.